The Morgan fingerprint density at radius 1 is 0.912 bits per heavy atom. The third kappa shape index (κ3) is 5.58. The summed E-state index contributed by atoms with van der Waals surface area (Å²) in [5.41, 5.74) is 4.40. The average molecular weight is 470 g/mol. The summed E-state index contributed by atoms with van der Waals surface area (Å²) in [5.74, 6) is -0.358. The number of benzene rings is 2. The van der Waals surface area contributed by atoms with Crippen LogP contribution < -0.4 is 5.32 Å². The molecule has 2 amide bonds. The van der Waals surface area contributed by atoms with Crippen LogP contribution in [0.1, 0.15) is 33.2 Å². The van der Waals surface area contributed by atoms with Gasteiger partial charge in [0.05, 0.1) is 6.42 Å². The van der Waals surface area contributed by atoms with Crippen LogP contribution in [0.3, 0.4) is 0 Å². The second-order valence-corrected chi connectivity index (χ2v) is 9.23. The Morgan fingerprint density at radius 2 is 1.62 bits per heavy atom. The van der Waals surface area contributed by atoms with Crippen LogP contribution in [0.2, 0.25) is 0 Å². The molecular formula is C28H27N3O2S. The number of amides is 2. The van der Waals surface area contributed by atoms with E-state index in [-0.39, 0.29) is 18.2 Å². The predicted octanol–water partition coefficient (Wildman–Crippen LogP) is 5.71. The first kappa shape index (κ1) is 23.4. The van der Waals surface area contributed by atoms with Crippen LogP contribution in [0.4, 0.5) is 5.69 Å². The fraction of sp³-hybridized carbons (Fsp3) is 0.179. The molecule has 0 aliphatic rings. The van der Waals surface area contributed by atoms with Crippen LogP contribution in [0, 0.1) is 13.8 Å². The number of hydrogen-bond donors (Lipinski definition) is 1. The lowest BCUT2D eigenvalue weighted by Crippen LogP contribution is -2.41. The zero-order chi connectivity index (χ0) is 23.9. The van der Waals surface area contributed by atoms with E-state index in [9.17, 15) is 9.59 Å². The first-order chi connectivity index (χ1) is 16.5. The van der Waals surface area contributed by atoms with Gasteiger partial charge in [0.1, 0.15) is 6.04 Å². The number of para-hydroxylation sites is 1. The van der Waals surface area contributed by atoms with E-state index in [0.717, 1.165) is 27.3 Å². The SMILES string of the molecule is Cc1cccc(C)c1NC(=O)C(c1ccncc1)N(Cc1ccccc1)C(=O)Cc1cccs1. The molecule has 1 atom stereocenters. The Kier molecular flexibility index (Phi) is 7.50. The van der Waals surface area contributed by atoms with E-state index < -0.39 is 6.04 Å². The lowest BCUT2D eigenvalue weighted by Gasteiger charge is -2.32. The number of hydrogen-bond acceptors (Lipinski definition) is 4. The molecule has 1 N–H and O–H groups in total. The number of rotatable bonds is 8. The Morgan fingerprint density at radius 3 is 2.26 bits per heavy atom. The fourth-order valence-electron chi connectivity index (χ4n) is 3.99. The number of aryl methyl sites for hydroxylation is 2. The molecule has 0 saturated carbocycles. The lowest BCUT2D eigenvalue weighted by atomic mass is 10.0. The second-order valence-electron chi connectivity index (χ2n) is 8.20. The largest absolute Gasteiger partial charge is 0.323 e. The Labute approximate surface area is 204 Å². The van der Waals surface area contributed by atoms with Gasteiger partial charge < -0.3 is 10.2 Å². The van der Waals surface area contributed by atoms with Gasteiger partial charge in [-0.1, -0.05) is 54.6 Å². The molecule has 34 heavy (non-hydrogen) atoms. The zero-order valence-electron chi connectivity index (χ0n) is 19.3. The zero-order valence-corrected chi connectivity index (χ0v) is 20.1. The molecule has 0 aliphatic carbocycles. The molecule has 2 heterocycles. The van der Waals surface area contributed by atoms with Crippen molar-refractivity contribution in [2.24, 2.45) is 0 Å². The van der Waals surface area contributed by atoms with E-state index in [4.69, 9.17) is 0 Å². The summed E-state index contributed by atoms with van der Waals surface area (Å²) in [5, 5.41) is 5.06. The van der Waals surface area contributed by atoms with Crippen LogP contribution in [0.15, 0.2) is 90.6 Å². The van der Waals surface area contributed by atoms with Crippen LogP contribution in [-0.2, 0) is 22.6 Å². The summed E-state index contributed by atoms with van der Waals surface area (Å²) in [6, 6.07) is 22.3. The molecule has 4 rings (SSSR count). The van der Waals surface area contributed by atoms with Crippen molar-refractivity contribution in [3.05, 3.63) is 118 Å². The molecular weight excluding hydrogens is 442 g/mol. The molecule has 5 nitrogen and oxygen atoms in total. The molecule has 2 aromatic carbocycles. The summed E-state index contributed by atoms with van der Waals surface area (Å²) >= 11 is 1.54. The number of carbonyl (C=O) groups is 2. The van der Waals surface area contributed by atoms with Gasteiger partial charge in [-0.25, -0.2) is 0 Å². The molecule has 1 unspecified atom stereocenters. The van der Waals surface area contributed by atoms with Crippen molar-refractivity contribution >= 4 is 28.8 Å². The quantitative estimate of drug-likeness (QED) is 0.359. The van der Waals surface area contributed by atoms with Crippen LogP contribution >= 0.6 is 11.3 Å². The van der Waals surface area contributed by atoms with Crippen molar-refractivity contribution in [3.8, 4) is 0 Å². The molecule has 0 aliphatic heterocycles. The highest BCUT2D eigenvalue weighted by atomic mass is 32.1. The van der Waals surface area contributed by atoms with E-state index >= 15 is 0 Å². The van der Waals surface area contributed by atoms with Gasteiger partial charge in [-0.2, -0.15) is 0 Å². The van der Waals surface area contributed by atoms with Gasteiger partial charge in [0.25, 0.3) is 5.91 Å². The highest BCUT2D eigenvalue weighted by molar-refractivity contribution is 7.10. The van der Waals surface area contributed by atoms with Gasteiger partial charge in [0.15, 0.2) is 0 Å². The molecule has 0 spiro atoms. The summed E-state index contributed by atoms with van der Waals surface area (Å²) in [7, 11) is 0. The van der Waals surface area contributed by atoms with Crippen molar-refractivity contribution in [2.75, 3.05) is 5.32 Å². The van der Waals surface area contributed by atoms with Gasteiger partial charge in [-0.3, -0.25) is 14.6 Å². The minimum absolute atomic E-state index is 0.107. The molecule has 0 fully saturated rings. The van der Waals surface area contributed by atoms with Gasteiger partial charge in [0.2, 0.25) is 5.91 Å². The van der Waals surface area contributed by atoms with Crippen molar-refractivity contribution in [1.29, 1.82) is 0 Å². The van der Waals surface area contributed by atoms with Gasteiger partial charge in [-0.05, 0) is 59.7 Å². The van der Waals surface area contributed by atoms with Crippen molar-refractivity contribution in [3.63, 3.8) is 0 Å². The van der Waals surface area contributed by atoms with Gasteiger partial charge >= 0.3 is 0 Å². The molecule has 4 aromatic rings. The maximum Gasteiger partial charge on any atom is 0.251 e. The van der Waals surface area contributed by atoms with Crippen molar-refractivity contribution in [2.45, 2.75) is 32.9 Å². The highest BCUT2D eigenvalue weighted by Crippen LogP contribution is 2.28. The third-order valence-electron chi connectivity index (χ3n) is 5.73. The molecule has 0 saturated heterocycles. The standard InChI is InChI=1S/C28H27N3O2S/c1-20-8-6-9-21(2)26(20)30-28(33)27(23-13-15-29-16-14-23)31(19-22-10-4-3-5-11-22)25(32)18-24-12-7-17-34-24/h3-17,27H,18-19H2,1-2H3,(H,30,33). The molecule has 172 valence electrons. The fourth-order valence-corrected chi connectivity index (χ4v) is 4.68. The van der Waals surface area contributed by atoms with Crippen LogP contribution in [-0.4, -0.2) is 21.7 Å². The summed E-state index contributed by atoms with van der Waals surface area (Å²) in [6.07, 6.45) is 3.54. The molecule has 2 aromatic heterocycles. The van der Waals surface area contributed by atoms with Crippen molar-refractivity contribution in [1.82, 2.24) is 9.88 Å². The molecule has 6 heteroatoms. The third-order valence-corrected chi connectivity index (χ3v) is 6.61. The number of thiophene rings is 1. The van der Waals surface area contributed by atoms with Crippen LogP contribution in [0.5, 0.6) is 0 Å². The maximum absolute atomic E-state index is 13.8. The number of carbonyl (C=O) groups excluding carboxylic acids is 2. The number of pyridine rings is 1. The molecule has 0 radical (unpaired) electrons. The average Bonchev–Trinajstić information content (AvgIpc) is 3.35. The topological polar surface area (TPSA) is 62.3 Å². The predicted molar refractivity (Wildman–Crippen MR) is 137 cm³/mol. The van der Waals surface area contributed by atoms with Crippen LogP contribution in [0.25, 0.3) is 0 Å². The highest BCUT2D eigenvalue weighted by Gasteiger charge is 2.32. The van der Waals surface area contributed by atoms with Crippen molar-refractivity contribution < 1.29 is 9.59 Å². The van der Waals surface area contributed by atoms with Gasteiger partial charge in [0, 0.05) is 29.5 Å². The smallest absolute Gasteiger partial charge is 0.251 e. The van der Waals surface area contributed by atoms with E-state index in [1.165, 1.54) is 11.3 Å². The first-order valence-corrected chi connectivity index (χ1v) is 12.0. The van der Waals surface area contributed by atoms with E-state index in [1.807, 2.05) is 79.9 Å². The van der Waals surface area contributed by atoms with E-state index in [1.54, 1.807) is 29.4 Å². The minimum Gasteiger partial charge on any atom is -0.323 e. The summed E-state index contributed by atoms with van der Waals surface area (Å²) in [6.45, 7) is 4.25. The Hall–Kier alpha value is -3.77. The normalized spacial score (nSPS) is 11.6. The Balaban J connectivity index is 1.74. The second kappa shape index (κ2) is 10.9. The van der Waals surface area contributed by atoms with E-state index in [0.29, 0.717) is 12.1 Å². The van der Waals surface area contributed by atoms with E-state index in [2.05, 4.69) is 10.3 Å². The monoisotopic (exact) mass is 469 g/mol. The molecule has 0 bridgehead atoms. The number of anilines is 1. The lowest BCUT2D eigenvalue weighted by molar-refractivity contribution is -0.139. The maximum atomic E-state index is 13.8. The summed E-state index contributed by atoms with van der Waals surface area (Å²) in [4.78, 5) is 34.2. The number of nitrogens with zero attached hydrogens (tertiary/aromatic N) is 2. The Bertz CT molecular complexity index is 1220. The number of aromatic nitrogens is 1. The first-order valence-electron chi connectivity index (χ1n) is 11.2. The number of nitrogens with one attached hydrogen (secondary N) is 1. The minimum atomic E-state index is -0.810. The van der Waals surface area contributed by atoms with Gasteiger partial charge in [-0.15, -0.1) is 11.3 Å². The summed E-state index contributed by atoms with van der Waals surface area (Å²) < 4.78 is 0.